The fourth-order valence-corrected chi connectivity index (χ4v) is 3.34. The molecule has 2 aromatic rings. The van der Waals surface area contributed by atoms with Crippen molar-refractivity contribution < 1.29 is 22.8 Å². The van der Waals surface area contributed by atoms with Crippen LogP contribution >= 0.6 is 11.8 Å². The van der Waals surface area contributed by atoms with Gasteiger partial charge in [-0.15, -0.1) is 0 Å². The summed E-state index contributed by atoms with van der Waals surface area (Å²) in [6.07, 6.45) is -4.69. The highest BCUT2D eigenvalue weighted by Crippen LogP contribution is 2.32. The van der Waals surface area contributed by atoms with Gasteiger partial charge in [-0.25, -0.2) is 9.97 Å². The molecular formula is C18H21F3N4O2S. The zero-order chi connectivity index (χ0) is 20.9. The largest absolute Gasteiger partial charge is 0.451 e. The van der Waals surface area contributed by atoms with E-state index in [-0.39, 0.29) is 40.7 Å². The highest BCUT2D eigenvalue weighted by molar-refractivity contribution is 8.00. The second-order valence-corrected chi connectivity index (χ2v) is 7.25. The average Bonchev–Trinajstić information content (AvgIpc) is 2.62. The second-order valence-electron chi connectivity index (χ2n) is 6.29. The Bertz CT molecular complexity index is 858. The van der Waals surface area contributed by atoms with E-state index in [0.717, 1.165) is 11.8 Å². The van der Waals surface area contributed by atoms with Crippen molar-refractivity contribution in [3.8, 4) is 0 Å². The van der Waals surface area contributed by atoms with Crippen LogP contribution in [0.5, 0.6) is 0 Å². The van der Waals surface area contributed by atoms with E-state index in [1.54, 1.807) is 25.1 Å². The summed E-state index contributed by atoms with van der Waals surface area (Å²) in [6.45, 7) is 5.55. The van der Waals surface area contributed by atoms with Gasteiger partial charge in [0.05, 0.1) is 17.8 Å². The number of rotatable bonds is 7. The standard InChI is InChI=1S/C18H21F3N4O2S/c1-4-25(9-14(26)22-11(2)3)15(27)10-28-16-12-7-5-6-8-13(12)23-17(24-16)18(19,20)21/h5-8,11H,4,9-10H2,1-3H3,(H,22,26). The zero-order valence-electron chi connectivity index (χ0n) is 15.7. The molecule has 0 bridgehead atoms. The van der Waals surface area contributed by atoms with Crippen molar-refractivity contribution in [3.63, 3.8) is 0 Å². The summed E-state index contributed by atoms with van der Waals surface area (Å²) in [6, 6.07) is 6.27. The molecule has 0 saturated carbocycles. The summed E-state index contributed by atoms with van der Waals surface area (Å²) in [4.78, 5) is 32.8. The quantitative estimate of drug-likeness (QED) is 0.557. The third kappa shape index (κ3) is 5.82. The molecule has 0 fully saturated rings. The predicted molar refractivity (Wildman–Crippen MR) is 101 cm³/mol. The molecule has 0 aliphatic rings. The maximum atomic E-state index is 13.1. The smallest absolute Gasteiger partial charge is 0.352 e. The molecule has 152 valence electrons. The number of benzene rings is 1. The minimum absolute atomic E-state index is 0.0520. The Hall–Kier alpha value is -2.36. The van der Waals surface area contributed by atoms with Crippen LogP contribution in [0.4, 0.5) is 13.2 Å². The van der Waals surface area contributed by atoms with Gasteiger partial charge in [-0.05, 0) is 26.8 Å². The number of hydrogen-bond acceptors (Lipinski definition) is 5. The Morgan fingerprint density at radius 1 is 1.21 bits per heavy atom. The minimum Gasteiger partial charge on any atom is -0.352 e. The number of fused-ring (bicyclic) bond motifs is 1. The van der Waals surface area contributed by atoms with Crippen molar-refractivity contribution in [1.29, 1.82) is 0 Å². The third-order valence-electron chi connectivity index (χ3n) is 3.67. The lowest BCUT2D eigenvalue weighted by atomic mass is 10.2. The summed E-state index contributed by atoms with van der Waals surface area (Å²) >= 11 is 0.899. The number of para-hydroxylation sites is 1. The number of carbonyl (C=O) groups excluding carboxylic acids is 2. The first-order valence-electron chi connectivity index (χ1n) is 8.65. The summed E-state index contributed by atoms with van der Waals surface area (Å²) in [5.41, 5.74) is 0.156. The first kappa shape index (κ1) is 21.9. The molecule has 10 heteroatoms. The first-order valence-corrected chi connectivity index (χ1v) is 9.64. The lowest BCUT2D eigenvalue weighted by molar-refractivity contribution is -0.145. The van der Waals surface area contributed by atoms with Crippen LogP contribution in [0.2, 0.25) is 0 Å². The molecule has 0 radical (unpaired) electrons. The monoisotopic (exact) mass is 414 g/mol. The van der Waals surface area contributed by atoms with Crippen molar-refractivity contribution in [3.05, 3.63) is 30.1 Å². The van der Waals surface area contributed by atoms with Gasteiger partial charge < -0.3 is 10.2 Å². The van der Waals surface area contributed by atoms with Crippen LogP contribution in [0.1, 0.15) is 26.6 Å². The number of aromatic nitrogens is 2. The Labute approximate surface area is 164 Å². The Morgan fingerprint density at radius 2 is 1.89 bits per heavy atom. The number of alkyl halides is 3. The summed E-state index contributed by atoms with van der Waals surface area (Å²) in [5.74, 6) is -2.03. The number of halogens is 3. The molecule has 1 heterocycles. The summed E-state index contributed by atoms with van der Waals surface area (Å²) < 4.78 is 39.2. The van der Waals surface area contributed by atoms with E-state index in [9.17, 15) is 22.8 Å². The predicted octanol–water partition coefficient (Wildman–Crippen LogP) is 3.11. The van der Waals surface area contributed by atoms with Crippen molar-refractivity contribution in [1.82, 2.24) is 20.2 Å². The van der Waals surface area contributed by atoms with Crippen LogP contribution in [0.3, 0.4) is 0 Å². The second kappa shape index (κ2) is 9.22. The topological polar surface area (TPSA) is 75.2 Å². The van der Waals surface area contributed by atoms with Gasteiger partial charge in [-0.3, -0.25) is 9.59 Å². The van der Waals surface area contributed by atoms with Gasteiger partial charge >= 0.3 is 6.18 Å². The third-order valence-corrected chi connectivity index (χ3v) is 4.65. The van der Waals surface area contributed by atoms with E-state index < -0.39 is 12.0 Å². The van der Waals surface area contributed by atoms with Gasteiger partial charge in [0.2, 0.25) is 17.6 Å². The molecule has 0 aliphatic carbocycles. The molecular weight excluding hydrogens is 393 g/mol. The summed E-state index contributed by atoms with van der Waals surface area (Å²) in [5, 5.41) is 3.22. The molecule has 0 atom stereocenters. The van der Waals surface area contributed by atoms with Crippen molar-refractivity contribution >= 4 is 34.5 Å². The summed E-state index contributed by atoms with van der Waals surface area (Å²) in [7, 11) is 0. The van der Waals surface area contributed by atoms with Gasteiger partial charge in [-0.2, -0.15) is 13.2 Å². The molecule has 0 unspecified atom stereocenters. The lowest BCUT2D eigenvalue weighted by Gasteiger charge is -2.21. The van der Waals surface area contributed by atoms with Gasteiger partial charge in [0, 0.05) is 18.0 Å². The molecule has 0 saturated heterocycles. The fourth-order valence-electron chi connectivity index (χ4n) is 2.42. The van der Waals surface area contributed by atoms with Crippen molar-refractivity contribution in [2.45, 2.75) is 38.0 Å². The van der Waals surface area contributed by atoms with Crippen molar-refractivity contribution in [2.75, 3.05) is 18.8 Å². The number of nitrogens with zero attached hydrogens (tertiary/aromatic N) is 3. The number of nitrogens with one attached hydrogen (secondary N) is 1. The molecule has 0 aliphatic heterocycles. The van der Waals surface area contributed by atoms with Gasteiger partial charge in [0.1, 0.15) is 5.03 Å². The Kier molecular flexibility index (Phi) is 7.22. The normalized spacial score (nSPS) is 11.7. The molecule has 2 rings (SSSR count). The molecule has 1 N–H and O–H groups in total. The fraction of sp³-hybridized carbons (Fsp3) is 0.444. The van der Waals surface area contributed by atoms with Gasteiger partial charge in [0.25, 0.3) is 0 Å². The molecule has 0 spiro atoms. The van der Waals surface area contributed by atoms with Gasteiger partial charge in [0.15, 0.2) is 0 Å². The number of amides is 2. The maximum absolute atomic E-state index is 13.1. The average molecular weight is 414 g/mol. The highest BCUT2D eigenvalue weighted by Gasteiger charge is 2.35. The first-order chi connectivity index (χ1) is 13.1. The number of likely N-dealkylation sites (N-methyl/N-ethyl adjacent to an activating group) is 1. The molecule has 28 heavy (non-hydrogen) atoms. The maximum Gasteiger partial charge on any atom is 0.451 e. The van der Waals surface area contributed by atoms with E-state index in [0.29, 0.717) is 11.9 Å². The Balaban J connectivity index is 2.17. The SMILES string of the molecule is CCN(CC(=O)NC(C)C)C(=O)CSc1nc(C(F)(F)F)nc2ccccc12. The van der Waals surface area contributed by atoms with E-state index in [2.05, 4.69) is 15.3 Å². The van der Waals surface area contributed by atoms with Crippen LogP contribution in [0.15, 0.2) is 29.3 Å². The number of carbonyl (C=O) groups is 2. The molecule has 1 aromatic carbocycles. The molecule has 2 amide bonds. The zero-order valence-corrected chi connectivity index (χ0v) is 16.5. The number of thioether (sulfide) groups is 1. The van der Waals surface area contributed by atoms with Crippen LogP contribution in [0, 0.1) is 0 Å². The van der Waals surface area contributed by atoms with Crippen molar-refractivity contribution in [2.24, 2.45) is 0 Å². The highest BCUT2D eigenvalue weighted by atomic mass is 32.2. The Morgan fingerprint density at radius 3 is 2.50 bits per heavy atom. The van der Waals surface area contributed by atoms with E-state index in [4.69, 9.17) is 0 Å². The van der Waals surface area contributed by atoms with Crippen LogP contribution < -0.4 is 5.32 Å². The molecule has 1 aromatic heterocycles. The lowest BCUT2D eigenvalue weighted by Crippen LogP contribution is -2.43. The van der Waals surface area contributed by atoms with E-state index in [1.165, 1.54) is 11.0 Å². The number of hydrogen-bond donors (Lipinski definition) is 1. The van der Waals surface area contributed by atoms with E-state index in [1.807, 2.05) is 13.8 Å². The molecule has 6 nitrogen and oxygen atoms in total. The minimum atomic E-state index is -4.69. The van der Waals surface area contributed by atoms with Crippen LogP contribution in [-0.4, -0.2) is 51.6 Å². The van der Waals surface area contributed by atoms with E-state index >= 15 is 0 Å². The van der Waals surface area contributed by atoms with Gasteiger partial charge in [-0.1, -0.05) is 30.0 Å². The van der Waals surface area contributed by atoms with Crippen LogP contribution in [-0.2, 0) is 15.8 Å². The van der Waals surface area contributed by atoms with Crippen LogP contribution in [0.25, 0.3) is 10.9 Å².